The molecule has 2 fully saturated rings. The normalized spacial score (nSPS) is 26.0. The van der Waals surface area contributed by atoms with Crippen LogP contribution in [0.5, 0.6) is 5.75 Å². The van der Waals surface area contributed by atoms with E-state index < -0.39 is 5.97 Å². The van der Waals surface area contributed by atoms with Crippen molar-refractivity contribution in [2.45, 2.75) is 46.1 Å². The van der Waals surface area contributed by atoms with Gasteiger partial charge in [-0.2, -0.15) is 0 Å². The molecule has 0 spiro atoms. The van der Waals surface area contributed by atoms with Crippen LogP contribution in [0.15, 0.2) is 12.1 Å². The van der Waals surface area contributed by atoms with Crippen molar-refractivity contribution in [2.24, 2.45) is 10.8 Å². The Morgan fingerprint density at radius 2 is 2.00 bits per heavy atom. The number of anilines is 1. The smallest absolute Gasteiger partial charge is 0.342 e. The van der Waals surface area contributed by atoms with E-state index >= 15 is 0 Å². The molecule has 1 heterocycles. The molecule has 3 rings (SSSR count). The molecule has 1 aromatic rings. The standard InChI is InChI=1S/C20H27ClN2O4/c1-19(2)7-12-8-20(3,10-19)11-23(12)17(24)9-27-18(25)13-5-14(21)15(22)6-16(13)26-4/h5-6,12H,7-11,22H2,1-4H3/t12-,20-/m1/s1. The number of ether oxygens (including phenoxy) is 2. The summed E-state index contributed by atoms with van der Waals surface area (Å²) < 4.78 is 10.4. The van der Waals surface area contributed by atoms with Gasteiger partial charge >= 0.3 is 5.97 Å². The minimum Gasteiger partial charge on any atom is -0.496 e. The molecule has 2 bridgehead atoms. The van der Waals surface area contributed by atoms with Crippen LogP contribution in [-0.2, 0) is 9.53 Å². The van der Waals surface area contributed by atoms with Gasteiger partial charge in [0.05, 0.1) is 17.8 Å². The van der Waals surface area contributed by atoms with Gasteiger partial charge in [0, 0.05) is 18.7 Å². The second-order valence-electron chi connectivity index (χ2n) is 8.89. The van der Waals surface area contributed by atoms with Crippen molar-refractivity contribution in [3.8, 4) is 5.75 Å². The molecular formula is C20H27ClN2O4. The summed E-state index contributed by atoms with van der Waals surface area (Å²) in [5, 5.41) is 0.234. The number of nitrogen functional groups attached to an aromatic ring is 1. The molecule has 1 saturated heterocycles. The van der Waals surface area contributed by atoms with Gasteiger partial charge in [-0.25, -0.2) is 4.79 Å². The van der Waals surface area contributed by atoms with Crippen molar-refractivity contribution in [2.75, 3.05) is 26.0 Å². The highest BCUT2D eigenvalue weighted by Crippen LogP contribution is 2.52. The van der Waals surface area contributed by atoms with E-state index in [4.69, 9.17) is 26.8 Å². The summed E-state index contributed by atoms with van der Waals surface area (Å²) >= 11 is 5.99. The highest BCUT2D eigenvalue weighted by molar-refractivity contribution is 6.33. The van der Waals surface area contributed by atoms with Gasteiger partial charge in [-0.05, 0) is 36.2 Å². The quantitative estimate of drug-likeness (QED) is 0.624. The molecule has 1 aliphatic heterocycles. The van der Waals surface area contributed by atoms with E-state index in [0.717, 1.165) is 19.3 Å². The summed E-state index contributed by atoms with van der Waals surface area (Å²) in [6, 6.07) is 3.08. The van der Waals surface area contributed by atoms with Crippen molar-refractivity contribution >= 4 is 29.2 Å². The predicted molar refractivity (Wildman–Crippen MR) is 104 cm³/mol. The van der Waals surface area contributed by atoms with E-state index in [1.807, 2.05) is 4.90 Å². The van der Waals surface area contributed by atoms with Gasteiger partial charge in [-0.3, -0.25) is 4.79 Å². The number of methoxy groups -OCH3 is 1. The average Bonchev–Trinajstić information content (AvgIpc) is 2.83. The SMILES string of the molecule is COc1cc(N)c(Cl)cc1C(=O)OCC(=O)N1C[C@]2(C)C[C@H]1CC(C)(C)C2. The maximum atomic E-state index is 12.7. The van der Waals surface area contributed by atoms with Crippen LogP contribution in [0.1, 0.15) is 50.4 Å². The third kappa shape index (κ3) is 4.00. The molecule has 1 aliphatic carbocycles. The Bertz CT molecular complexity index is 779. The monoisotopic (exact) mass is 394 g/mol. The fourth-order valence-electron chi connectivity index (χ4n) is 4.94. The van der Waals surface area contributed by atoms with Crippen molar-refractivity contribution in [3.05, 3.63) is 22.7 Å². The number of hydrogen-bond acceptors (Lipinski definition) is 5. The summed E-state index contributed by atoms with van der Waals surface area (Å²) in [6.45, 7) is 7.16. The highest BCUT2D eigenvalue weighted by atomic mass is 35.5. The Morgan fingerprint density at radius 3 is 2.67 bits per heavy atom. The number of rotatable bonds is 4. The van der Waals surface area contributed by atoms with Crippen molar-refractivity contribution < 1.29 is 19.1 Å². The zero-order valence-corrected chi connectivity index (χ0v) is 17.1. The average molecular weight is 395 g/mol. The number of nitrogens with two attached hydrogens (primary N) is 1. The second kappa shape index (κ2) is 6.89. The number of amides is 1. The molecule has 0 aromatic heterocycles. The number of fused-ring (bicyclic) bond motifs is 2. The summed E-state index contributed by atoms with van der Waals surface area (Å²) in [5.41, 5.74) is 6.54. The third-order valence-corrected chi connectivity index (χ3v) is 5.93. The van der Waals surface area contributed by atoms with E-state index in [9.17, 15) is 9.59 Å². The van der Waals surface area contributed by atoms with Gasteiger partial charge in [0.25, 0.3) is 5.91 Å². The molecule has 1 saturated carbocycles. The summed E-state index contributed by atoms with van der Waals surface area (Å²) in [5.74, 6) is -0.549. The number of carbonyl (C=O) groups is 2. The Morgan fingerprint density at radius 1 is 1.30 bits per heavy atom. The van der Waals surface area contributed by atoms with Crippen LogP contribution >= 0.6 is 11.6 Å². The van der Waals surface area contributed by atoms with Crippen LogP contribution in [0, 0.1) is 10.8 Å². The first kappa shape index (κ1) is 19.8. The van der Waals surface area contributed by atoms with E-state index in [2.05, 4.69) is 20.8 Å². The van der Waals surface area contributed by atoms with Crippen molar-refractivity contribution in [1.82, 2.24) is 4.90 Å². The van der Waals surface area contributed by atoms with Gasteiger partial charge < -0.3 is 20.1 Å². The Labute approximate surface area is 164 Å². The van der Waals surface area contributed by atoms with Crippen molar-refractivity contribution in [3.63, 3.8) is 0 Å². The highest BCUT2D eigenvalue weighted by Gasteiger charge is 2.50. The molecule has 148 valence electrons. The molecule has 1 aromatic carbocycles. The lowest BCUT2D eigenvalue weighted by Gasteiger charge is -2.39. The lowest BCUT2D eigenvalue weighted by atomic mass is 9.65. The number of esters is 1. The van der Waals surface area contributed by atoms with Crippen LogP contribution in [0.3, 0.4) is 0 Å². The van der Waals surface area contributed by atoms with Gasteiger partial charge in [0.2, 0.25) is 0 Å². The van der Waals surface area contributed by atoms with Crippen LogP contribution in [0.25, 0.3) is 0 Å². The molecule has 6 nitrogen and oxygen atoms in total. The molecule has 0 radical (unpaired) electrons. The van der Waals surface area contributed by atoms with Crippen LogP contribution in [0.4, 0.5) is 5.69 Å². The van der Waals surface area contributed by atoms with Gasteiger partial charge in [0.15, 0.2) is 6.61 Å². The molecule has 0 unspecified atom stereocenters. The fourth-order valence-corrected chi connectivity index (χ4v) is 5.10. The largest absolute Gasteiger partial charge is 0.496 e. The minimum absolute atomic E-state index is 0.139. The fraction of sp³-hybridized carbons (Fsp3) is 0.600. The lowest BCUT2D eigenvalue weighted by molar-refractivity contribution is -0.135. The van der Waals surface area contributed by atoms with E-state index in [1.165, 1.54) is 19.2 Å². The Balaban J connectivity index is 1.67. The summed E-state index contributed by atoms with van der Waals surface area (Å²) in [7, 11) is 1.43. The van der Waals surface area contributed by atoms with Gasteiger partial charge in [-0.15, -0.1) is 0 Å². The molecular weight excluding hydrogens is 368 g/mol. The predicted octanol–water partition coefficient (Wildman–Crippen LogP) is 3.51. The summed E-state index contributed by atoms with van der Waals surface area (Å²) in [4.78, 5) is 27.0. The number of likely N-dealkylation sites (tertiary alicyclic amines) is 1. The van der Waals surface area contributed by atoms with Crippen LogP contribution in [0.2, 0.25) is 5.02 Å². The maximum absolute atomic E-state index is 12.7. The lowest BCUT2D eigenvalue weighted by Crippen LogP contribution is -2.39. The van der Waals surface area contributed by atoms with Crippen molar-refractivity contribution in [1.29, 1.82) is 0 Å². The number of hydrogen-bond donors (Lipinski definition) is 1. The zero-order chi connectivity index (χ0) is 20.0. The Kier molecular flexibility index (Phi) is 5.06. The first-order valence-electron chi connectivity index (χ1n) is 9.13. The molecule has 2 N–H and O–H groups in total. The topological polar surface area (TPSA) is 81.9 Å². The first-order chi connectivity index (χ1) is 12.5. The molecule has 1 amide bonds. The first-order valence-corrected chi connectivity index (χ1v) is 9.51. The Hall–Kier alpha value is -1.95. The molecule has 7 heteroatoms. The van der Waals surface area contributed by atoms with E-state index in [1.54, 1.807) is 0 Å². The zero-order valence-electron chi connectivity index (χ0n) is 16.3. The second-order valence-corrected chi connectivity index (χ2v) is 9.29. The molecule has 2 aliphatic rings. The number of carbonyl (C=O) groups excluding carboxylic acids is 2. The van der Waals surface area contributed by atoms with E-state index in [0.29, 0.717) is 12.2 Å². The minimum atomic E-state index is -0.657. The number of nitrogens with zero attached hydrogens (tertiary/aromatic N) is 1. The number of halogens is 1. The van der Waals surface area contributed by atoms with Gasteiger partial charge in [-0.1, -0.05) is 32.4 Å². The molecule has 2 atom stereocenters. The van der Waals surface area contributed by atoms with Gasteiger partial charge in [0.1, 0.15) is 11.3 Å². The van der Waals surface area contributed by atoms with E-state index in [-0.39, 0.29) is 45.7 Å². The van der Waals surface area contributed by atoms with Crippen LogP contribution < -0.4 is 10.5 Å². The third-order valence-electron chi connectivity index (χ3n) is 5.60. The van der Waals surface area contributed by atoms with Crippen LogP contribution in [-0.4, -0.2) is 43.1 Å². The number of benzene rings is 1. The summed E-state index contributed by atoms with van der Waals surface area (Å²) in [6.07, 6.45) is 3.09. The maximum Gasteiger partial charge on any atom is 0.342 e. The molecule has 27 heavy (non-hydrogen) atoms.